The quantitative estimate of drug-likeness (QED) is 0.704. The first-order valence-corrected chi connectivity index (χ1v) is 9.30. The number of urea groups is 1. The molecule has 7 nitrogen and oxygen atoms in total. The van der Waals surface area contributed by atoms with Crippen LogP contribution >= 0.6 is 0 Å². The predicted octanol–water partition coefficient (Wildman–Crippen LogP) is 2.64. The molecule has 2 amide bonds. The molecule has 2 aromatic carbocycles. The molecule has 0 saturated carbocycles. The van der Waals surface area contributed by atoms with Gasteiger partial charge in [-0.05, 0) is 18.1 Å². The van der Waals surface area contributed by atoms with E-state index in [0.717, 1.165) is 11.1 Å². The third-order valence-electron chi connectivity index (χ3n) is 4.35. The maximum absolute atomic E-state index is 12.6. The molecule has 1 aliphatic heterocycles. The predicted molar refractivity (Wildman–Crippen MR) is 106 cm³/mol. The van der Waals surface area contributed by atoms with Crippen molar-refractivity contribution < 1.29 is 23.9 Å². The van der Waals surface area contributed by atoms with Crippen LogP contribution in [0.15, 0.2) is 71.9 Å². The maximum Gasteiger partial charge on any atom is 0.338 e. The molecule has 1 heterocycles. The highest BCUT2D eigenvalue weighted by atomic mass is 16.5. The Balaban J connectivity index is 1.83. The molecule has 1 atom stereocenters. The molecule has 0 fully saturated rings. The first kappa shape index (κ1) is 20.1. The number of amides is 2. The van der Waals surface area contributed by atoms with Crippen LogP contribution in [0.2, 0.25) is 0 Å². The van der Waals surface area contributed by atoms with Gasteiger partial charge >= 0.3 is 18.0 Å². The zero-order chi connectivity index (χ0) is 20.6. The fraction of sp³-hybridized carbons (Fsp3) is 0.227. The van der Waals surface area contributed by atoms with Crippen LogP contribution in [-0.4, -0.2) is 31.2 Å². The third kappa shape index (κ3) is 5.22. The Morgan fingerprint density at radius 3 is 2.28 bits per heavy atom. The van der Waals surface area contributed by atoms with Gasteiger partial charge in [0.25, 0.3) is 0 Å². The Kier molecular flexibility index (Phi) is 6.63. The van der Waals surface area contributed by atoms with E-state index in [2.05, 4.69) is 10.6 Å². The van der Waals surface area contributed by atoms with Crippen molar-refractivity contribution >= 4 is 18.0 Å². The first-order chi connectivity index (χ1) is 14.1. The molecule has 2 aromatic rings. The van der Waals surface area contributed by atoms with Crippen molar-refractivity contribution in [2.75, 3.05) is 13.2 Å². The molecule has 0 bridgehead atoms. The lowest BCUT2D eigenvalue weighted by Gasteiger charge is -2.29. The highest BCUT2D eigenvalue weighted by molar-refractivity contribution is 5.95. The van der Waals surface area contributed by atoms with Crippen LogP contribution in [0.4, 0.5) is 4.79 Å². The summed E-state index contributed by atoms with van der Waals surface area (Å²) >= 11 is 0. The second-order valence-electron chi connectivity index (χ2n) is 6.38. The summed E-state index contributed by atoms with van der Waals surface area (Å²) in [5.41, 5.74) is 1.96. The number of benzene rings is 2. The van der Waals surface area contributed by atoms with Crippen molar-refractivity contribution in [1.82, 2.24) is 10.6 Å². The van der Waals surface area contributed by atoms with E-state index < -0.39 is 24.0 Å². The number of esters is 2. The SMILES string of the molecule is CCOC(=O)C1=C(COC(=O)Cc2ccccc2)NC(=O)N[C@H]1c1ccccc1. The fourth-order valence-corrected chi connectivity index (χ4v) is 3.04. The van der Waals surface area contributed by atoms with Crippen molar-refractivity contribution in [1.29, 1.82) is 0 Å². The van der Waals surface area contributed by atoms with E-state index in [-0.39, 0.29) is 30.9 Å². The van der Waals surface area contributed by atoms with Crippen LogP contribution in [0.3, 0.4) is 0 Å². The van der Waals surface area contributed by atoms with E-state index in [1.54, 1.807) is 19.1 Å². The monoisotopic (exact) mass is 394 g/mol. The van der Waals surface area contributed by atoms with Gasteiger partial charge < -0.3 is 20.1 Å². The van der Waals surface area contributed by atoms with Crippen molar-refractivity contribution in [3.63, 3.8) is 0 Å². The van der Waals surface area contributed by atoms with E-state index in [0.29, 0.717) is 0 Å². The summed E-state index contributed by atoms with van der Waals surface area (Å²) < 4.78 is 10.5. The summed E-state index contributed by atoms with van der Waals surface area (Å²) in [7, 11) is 0. The number of hydrogen-bond donors (Lipinski definition) is 2. The van der Waals surface area contributed by atoms with Gasteiger partial charge in [0.1, 0.15) is 6.61 Å². The lowest BCUT2D eigenvalue weighted by atomic mass is 9.95. The molecule has 2 N–H and O–H groups in total. The van der Waals surface area contributed by atoms with Gasteiger partial charge in [0.15, 0.2) is 0 Å². The standard InChI is InChI=1S/C22H22N2O5/c1-2-28-21(26)19-17(14-29-18(25)13-15-9-5-3-6-10-15)23-22(27)24-20(19)16-11-7-4-8-12-16/h3-12,20H,2,13-14H2,1H3,(H2,23,24,27)/t20-/m0/s1. The number of carbonyl (C=O) groups excluding carboxylic acids is 3. The molecule has 7 heteroatoms. The molecule has 0 radical (unpaired) electrons. The molecule has 150 valence electrons. The van der Waals surface area contributed by atoms with Crippen molar-refractivity contribution in [3.8, 4) is 0 Å². The van der Waals surface area contributed by atoms with Crippen LogP contribution in [0, 0.1) is 0 Å². The molecule has 0 unspecified atom stereocenters. The van der Waals surface area contributed by atoms with E-state index >= 15 is 0 Å². The van der Waals surface area contributed by atoms with Gasteiger partial charge in [-0.25, -0.2) is 9.59 Å². The summed E-state index contributed by atoms with van der Waals surface area (Å²) in [4.78, 5) is 37.0. The number of ether oxygens (including phenoxy) is 2. The van der Waals surface area contributed by atoms with Crippen molar-refractivity contribution in [3.05, 3.63) is 83.1 Å². The van der Waals surface area contributed by atoms with Gasteiger partial charge in [-0.15, -0.1) is 0 Å². The molecule has 29 heavy (non-hydrogen) atoms. The van der Waals surface area contributed by atoms with Gasteiger partial charge in [0.05, 0.1) is 30.3 Å². The summed E-state index contributed by atoms with van der Waals surface area (Å²) in [6, 6.07) is 17.0. The molecular formula is C22H22N2O5. The zero-order valence-electron chi connectivity index (χ0n) is 16.0. The van der Waals surface area contributed by atoms with Crippen LogP contribution in [-0.2, 0) is 25.5 Å². The summed E-state index contributed by atoms with van der Waals surface area (Å²) in [5.74, 6) is -1.04. The molecule has 0 aromatic heterocycles. The number of hydrogen-bond acceptors (Lipinski definition) is 5. The zero-order valence-corrected chi connectivity index (χ0v) is 16.0. The topological polar surface area (TPSA) is 93.7 Å². The Morgan fingerprint density at radius 2 is 1.62 bits per heavy atom. The highest BCUT2D eigenvalue weighted by Gasteiger charge is 2.34. The second-order valence-corrected chi connectivity index (χ2v) is 6.38. The average molecular weight is 394 g/mol. The van der Waals surface area contributed by atoms with Crippen molar-refractivity contribution in [2.45, 2.75) is 19.4 Å². The molecular weight excluding hydrogens is 372 g/mol. The number of carbonyl (C=O) groups is 3. The fourth-order valence-electron chi connectivity index (χ4n) is 3.04. The first-order valence-electron chi connectivity index (χ1n) is 9.30. The molecule has 0 aliphatic carbocycles. The Hall–Kier alpha value is -3.61. The Morgan fingerprint density at radius 1 is 0.966 bits per heavy atom. The van der Waals surface area contributed by atoms with E-state index in [9.17, 15) is 14.4 Å². The summed E-state index contributed by atoms with van der Waals surface area (Å²) in [6.07, 6.45) is 0.0944. The van der Waals surface area contributed by atoms with Crippen LogP contribution in [0.25, 0.3) is 0 Å². The lowest BCUT2D eigenvalue weighted by Crippen LogP contribution is -2.47. The largest absolute Gasteiger partial charge is 0.463 e. The van der Waals surface area contributed by atoms with E-state index in [4.69, 9.17) is 9.47 Å². The van der Waals surface area contributed by atoms with Gasteiger partial charge in [0, 0.05) is 0 Å². The van der Waals surface area contributed by atoms with Crippen LogP contribution in [0.1, 0.15) is 24.1 Å². The lowest BCUT2D eigenvalue weighted by molar-refractivity contribution is -0.143. The Labute approximate surface area is 168 Å². The smallest absolute Gasteiger partial charge is 0.338 e. The number of rotatable bonds is 7. The van der Waals surface area contributed by atoms with Gasteiger partial charge in [0.2, 0.25) is 0 Å². The number of nitrogens with one attached hydrogen (secondary N) is 2. The third-order valence-corrected chi connectivity index (χ3v) is 4.35. The van der Waals surface area contributed by atoms with Crippen LogP contribution < -0.4 is 10.6 Å². The van der Waals surface area contributed by atoms with E-state index in [1.807, 2.05) is 48.5 Å². The normalized spacial score (nSPS) is 15.9. The molecule has 0 saturated heterocycles. The summed E-state index contributed by atoms with van der Waals surface area (Å²) in [5, 5.41) is 5.31. The molecule has 0 spiro atoms. The van der Waals surface area contributed by atoms with Gasteiger partial charge in [-0.2, -0.15) is 0 Å². The summed E-state index contributed by atoms with van der Waals surface area (Å²) in [6.45, 7) is 1.64. The second kappa shape index (κ2) is 9.54. The average Bonchev–Trinajstić information content (AvgIpc) is 2.73. The Bertz CT molecular complexity index is 909. The minimum atomic E-state index is -0.702. The minimum absolute atomic E-state index is 0.0944. The van der Waals surface area contributed by atoms with Crippen molar-refractivity contribution in [2.24, 2.45) is 0 Å². The molecule has 3 rings (SSSR count). The van der Waals surface area contributed by atoms with Gasteiger partial charge in [-0.3, -0.25) is 4.79 Å². The maximum atomic E-state index is 12.6. The molecule has 1 aliphatic rings. The van der Waals surface area contributed by atoms with E-state index in [1.165, 1.54) is 0 Å². The highest BCUT2D eigenvalue weighted by Crippen LogP contribution is 2.27. The van der Waals surface area contributed by atoms with Gasteiger partial charge in [-0.1, -0.05) is 60.7 Å². The van der Waals surface area contributed by atoms with Crippen LogP contribution in [0.5, 0.6) is 0 Å². The minimum Gasteiger partial charge on any atom is -0.463 e.